The Morgan fingerprint density at radius 2 is 1.93 bits per heavy atom. The Morgan fingerprint density at radius 3 is 2.39 bits per heavy atom. The second-order valence-corrected chi connectivity index (χ2v) is 7.12. The predicted molar refractivity (Wildman–Crippen MR) is 102 cm³/mol. The summed E-state index contributed by atoms with van der Waals surface area (Å²) in [4.78, 5) is 14.5. The summed E-state index contributed by atoms with van der Waals surface area (Å²) < 4.78 is 42.0. The fourth-order valence-corrected chi connectivity index (χ4v) is 1.99. The molecule has 0 saturated carbocycles. The Labute approximate surface area is 163 Å². The molecule has 1 aromatic carbocycles. The summed E-state index contributed by atoms with van der Waals surface area (Å²) in [5.74, 6) is -1.18. The van der Waals surface area contributed by atoms with E-state index in [9.17, 15) is 18.0 Å². The number of rotatable bonds is 6. The van der Waals surface area contributed by atoms with Crippen LogP contribution in [0.3, 0.4) is 0 Å². The van der Waals surface area contributed by atoms with Gasteiger partial charge < -0.3 is 15.8 Å². The number of aromatic nitrogens is 1. The van der Waals surface area contributed by atoms with Gasteiger partial charge in [0.1, 0.15) is 6.61 Å². The number of aryl methyl sites for hydroxylation is 1. The summed E-state index contributed by atoms with van der Waals surface area (Å²) >= 11 is 0. The quantitative estimate of drug-likeness (QED) is 0.776. The number of pyridine rings is 1. The molecule has 1 heterocycles. The Kier molecular flexibility index (Phi) is 8.91. The van der Waals surface area contributed by atoms with E-state index in [1.54, 1.807) is 24.4 Å². The smallest absolute Gasteiger partial charge is 0.272 e. The number of amides is 1. The third kappa shape index (κ3) is 9.36. The summed E-state index contributed by atoms with van der Waals surface area (Å²) in [7, 11) is 0. The van der Waals surface area contributed by atoms with Gasteiger partial charge >= 0.3 is 0 Å². The highest BCUT2D eigenvalue weighted by Crippen LogP contribution is 2.19. The summed E-state index contributed by atoms with van der Waals surface area (Å²) in [5, 5.41) is 3.21. The van der Waals surface area contributed by atoms with E-state index in [4.69, 9.17) is 5.73 Å². The average molecular weight is 397 g/mol. The van der Waals surface area contributed by atoms with Gasteiger partial charge in [-0.1, -0.05) is 6.07 Å². The summed E-state index contributed by atoms with van der Waals surface area (Å²) in [6.07, 6.45) is -1.04. The van der Waals surface area contributed by atoms with Gasteiger partial charge in [-0.15, -0.1) is 0 Å². The molecular weight excluding hydrogens is 371 g/mol. The maximum atomic E-state index is 13.5. The first-order valence-electron chi connectivity index (χ1n) is 8.65. The number of nitrogens with one attached hydrogen (secondary N) is 1. The van der Waals surface area contributed by atoms with Crippen molar-refractivity contribution in [2.24, 2.45) is 5.73 Å². The first-order chi connectivity index (χ1) is 13.0. The van der Waals surface area contributed by atoms with Gasteiger partial charge in [-0.05, 0) is 57.5 Å². The molecule has 1 aromatic heterocycles. The first kappa shape index (κ1) is 23.4. The molecule has 0 fully saturated rings. The van der Waals surface area contributed by atoms with E-state index < -0.39 is 24.8 Å². The van der Waals surface area contributed by atoms with Crippen LogP contribution in [-0.4, -0.2) is 29.5 Å². The molecule has 5 nitrogen and oxygen atoms in total. The zero-order valence-electron chi connectivity index (χ0n) is 16.4. The van der Waals surface area contributed by atoms with Gasteiger partial charge in [-0.3, -0.25) is 9.78 Å². The van der Waals surface area contributed by atoms with Gasteiger partial charge in [0.25, 0.3) is 6.43 Å². The number of ether oxygens (including phenoxy) is 1. The number of carbonyl (C=O) groups is 1. The lowest BCUT2D eigenvalue weighted by Crippen LogP contribution is -2.35. The highest BCUT2D eigenvalue weighted by atomic mass is 19.3. The number of nitrogens with zero attached hydrogens (tertiary/aromatic N) is 1. The standard InChI is InChI=1S/C13H18F3NO.C7H8N2O/c1-13(2,3)17-7-9-4-5-11(10(14)6-9)18-8-12(15)16;1-5-4-6(7(8)10)2-3-9-5/h4-6,12,17H,7-8H2,1-3H3;2-4H,1H3,(H2,8,10). The van der Waals surface area contributed by atoms with Crippen molar-refractivity contribution >= 4 is 5.91 Å². The highest BCUT2D eigenvalue weighted by molar-refractivity contribution is 5.92. The van der Waals surface area contributed by atoms with Crippen molar-refractivity contribution in [1.29, 1.82) is 0 Å². The van der Waals surface area contributed by atoms with Crippen LogP contribution in [0.1, 0.15) is 42.4 Å². The van der Waals surface area contributed by atoms with Crippen molar-refractivity contribution in [3.05, 3.63) is 59.2 Å². The van der Waals surface area contributed by atoms with E-state index in [0.29, 0.717) is 12.1 Å². The second-order valence-electron chi connectivity index (χ2n) is 7.12. The number of carbonyl (C=O) groups excluding carboxylic acids is 1. The Balaban J connectivity index is 0.000000330. The van der Waals surface area contributed by atoms with Crippen LogP contribution >= 0.6 is 0 Å². The maximum absolute atomic E-state index is 13.5. The fraction of sp³-hybridized carbons (Fsp3) is 0.400. The Hall–Kier alpha value is -2.61. The van der Waals surface area contributed by atoms with Crippen molar-refractivity contribution in [3.8, 4) is 5.75 Å². The zero-order valence-corrected chi connectivity index (χ0v) is 16.4. The molecule has 3 N–H and O–H groups in total. The van der Waals surface area contributed by atoms with Gasteiger partial charge in [0.15, 0.2) is 11.6 Å². The molecule has 28 heavy (non-hydrogen) atoms. The molecule has 0 aliphatic carbocycles. The van der Waals surface area contributed by atoms with Crippen molar-refractivity contribution in [2.45, 2.75) is 46.2 Å². The molecule has 0 bridgehead atoms. The number of alkyl halides is 2. The highest BCUT2D eigenvalue weighted by Gasteiger charge is 2.11. The normalized spacial score (nSPS) is 11.0. The number of benzene rings is 1. The van der Waals surface area contributed by atoms with Gasteiger partial charge in [0, 0.05) is 29.5 Å². The van der Waals surface area contributed by atoms with Crippen molar-refractivity contribution in [2.75, 3.05) is 6.61 Å². The van der Waals surface area contributed by atoms with Gasteiger partial charge in [0.05, 0.1) is 0 Å². The summed E-state index contributed by atoms with van der Waals surface area (Å²) in [5.41, 5.74) is 7.00. The molecule has 0 aliphatic rings. The van der Waals surface area contributed by atoms with Crippen LogP contribution in [0.15, 0.2) is 36.5 Å². The van der Waals surface area contributed by atoms with Crippen LogP contribution in [-0.2, 0) is 6.54 Å². The molecule has 0 unspecified atom stereocenters. The SMILES string of the molecule is CC(C)(C)NCc1ccc(OCC(F)F)c(F)c1.Cc1cc(C(N)=O)ccn1. The van der Waals surface area contributed by atoms with Crippen molar-refractivity contribution in [3.63, 3.8) is 0 Å². The van der Waals surface area contributed by atoms with Crippen LogP contribution in [0.5, 0.6) is 5.75 Å². The summed E-state index contributed by atoms with van der Waals surface area (Å²) in [6.45, 7) is 7.54. The van der Waals surface area contributed by atoms with E-state index in [2.05, 4.69) is 15.0 Å². The lowest BCUT2D eigenvalue weighted by molar-refractivity contribution is 0.0799. The lowest BCUT2D eigenvalue weighted by Gasteiger charge is -2.20. The third-order valence-corrected chi connectivity index (χ3v) is 3.37. The van der Waals surface area contributed by atoms with Gasteiger partial charge in [-0.2, -0.15) is 0 Å². The van der Waals surface area contributed by atoms with Gasteiger partial charge in [0.2, 0.25) is 5.91 Å². The van der Waals surface area contributed by atoms with Crippen LogP contribution < -0.4 is 15.8 Å². The van der Waals surface area contributed by atoms with Gasteiger partial charge in [-0.25, -0.2) is 13.2 Å². The van der Waals surface area contributed by atoms with E-state index >= 15 is 0 Å². The molecule has 0 saturated heterocycles. The molecular formula is C20H26F3N3O2. The minimum absolute atomic E-state index is 0.0681. The average Bonchev–Trinajstić information content (AvgIpc) is 2.59. The van der Waals surface area contributed by atoms with Crippen molar-refractivity contribution < 1.29 is 22.7 Å². The Bertz CT molecular complexity index is 778. The second kappa shape index (κ2) is 10.7. The minimum Gasteiger partial charge on any atom is -0.485 e. The predicted octanol–water partition coefficient (Wildman–Crippen LogP) is 3.85. The first-order valence-corrected chi connectivity index (χ1v) is 8.65. The molecule has 1 amide bonds. The third-order valence-electron chi connectivity index (χ3n) is 3.37. The van der Waals surface area contributed by atoms with Crippen LogP contribution in [0.4, 0.5) is 13.2 Å². The lowest BCUT2D eigenvalue weighted by atomic mass is 10.1. The minimum atomic E-state index is -2.60. The summed E-state index contributed by atoms with van der Waals surface area (Å²) in [6, 6.07) is 7.57. The molecule has 2 rings (SSSR count). The Morgan fingerprint density at radius 1 is 1.25 bits per heavy atom. The van der Waals surface area contributed by atoms with E-state index in [0.717, 1.165) is 11.3 Å². The molecule has 0 aliphatic heterocycles. The number of hydrogen-bond acceptors (Lipinski definition) is 4. The number of primary amides is 1. The molecule has 154 valence electrons. The monoisotopic (exact) mass is 397 g/mol. The molecule has 0 spiro atoms. The largest absolute Gasteiger partial charge is 0.485 e. The zero-order chi connectivity index (χ0) is 21.3. The molecule has 0 radical (unpaired) electrons. The topological polar surface area (TPSA) is 77.2 Å². The van der Waals surface area contributed by atoms with Crippen LogP contribution in [0.2, 0.25) is 0 Å². The maximum Gasteiger partial charge on any atom is 0.272 e. The number of halogens is 3. The van der Waals surface area contributed by atoms with E-state index in [1.165, 1.54) is 12.1 Å². The molecule has 8 heteroatoms. The fourth-order valence-electron chi connectivity index (χ4n) is 1.99. The molecule has 2 aromatic rings. The van der Waals surface area contributed by atoms with Crippen LogP contribution in [0, 0.1) is 12.7 Å². The van der Waals surface area contributed by atoms with E-state index in [1.807, 2.05) is 27.7 Å². The molecule has 0 atom stereocenters. The number of nitrogens with two attached hydrogens (primary N) is 1. The number of hydrogen-bond donors (Lipinski definition) is 2. The van der Waals surface area contributed by atoms with Crippen LogP contribution in [0.25, 0.3) is 0 Å². The van der Waals surface area contributed by atoms with E-state index in [-0.39, 0.29) is 11.3 Å². The van der Waals surface area contributed by atoms with Crippen molar-refractivity contribution in [1.82, 2.24) is 10.3 Å².